The number of hydrogen-bond acceptors (Lipinski definition) is 6. The molecule has 7 nitrogen and oxygen atoms in total. The summed E-state index contributed by atoms with van der Waals surface area (Å²) in [5.74, 6) is -1.44. The minimum Gasteiger partial charge on any atom is -0.470 e. The van der Waals surface area contributed by atoms with E-state index < -0.39 is 35.6 Å². The Morgan fingerprint density at radius 2 is 1.81 bits per heavy atom. The van der Waals surface area contributed by atoms with Crippen LogP contribution in [0.4, 0.5) is 13.2 Å². The van der Waals surface area contributed by atoms with Crippen LogP contribution in [-0.2, 0) is 0 Å². The highest BCUT2D eigenvalue weighted by Crippen LogP contribution is 2.40. The number of aliphatic hydroxyl groups is 2. The molecule has 0 radical (unpaired) electrons. The normalized spacial score (nSPS) is 19.1. The molecule has 1 amide bonds. The molecule has 1 heterocycles. The van der Waals surface area contributed by atoms with Crippen LogP contribution in [-0.4, -0.2) is 67.4 Å². The number of hydrogen-bond donors (Lipinski definition) is 3. The van der Waals surface area contributed by atoms with E-state index in [-0.39, 0.29) is 23.3 Å². The Labute approximate surface area is 284 Å². The number of alkyl halides is 3. The van der Waals surface area contributed by atoms with Crippen LogP contribution in [0.25, 0.3) is 6.08 Å². The molecule has 1 fully saturated rings. The van der Waals surface area contributed by atoms with Crippen molar-refractivity contribution in [3.8, 4) is 11.5 Å². The first kappa shape index (κ1) is 38.6. The molecular weight excluding hydrogens is 619 g/mol. The molecule has 1 aromatic rings. The number of benzene rings is 1. The van der Waals surface area contributed by atoms with Gasteiger partial charge >= 0.3 is 6.18 Å². The van der Waals surface area contributed by atoms with Crippen molar-refractivity contribution in [1.29, 1.82) is 0 Å². The van der Waals surface area contributed by atoms with E-state index in [0.717, 1.165) is 29.3 Å². The standard InChI is InChI=1S/C36H47B2F3N2O5/c1-7-10-27(17-23(3)4)28-15-16-43(25(6)18-28)21-24(5)13-14-26-19-30(47-34(37,45)8-2)32(33(44)42-22-35(39,40)41)31(20-26)48-36(38,46)29-11-9-12-29/h7-8,10,13-20,23-24,29,45-46H,2,6,9,11-12,21-22,37-38H2,1,3-5H3,(H,42,44)/b10-7+,14-13+,27-17+. The molecule has 1 saturated carbocycles. The van der Waals surface area contributed by atoms with Gasteiger partial charge in [-0.15, -0.1) is 0 Å². The summed E-state index contributed by atoms with van der Waals surface area (Å²) in [6, 6.07) is 2.89. The smallest absolute Gasteiger partial charge is 0.405 e. The first-order chi connectivity index (χ1) is 22.3. The first-order valence-corrected chi connectivity index (χ1v) is 16.2. The monoisotopic (exact) mass is 666 g/mol. The van der Waals surface area contributed by atoms with Gasteiger partial charge in [-0.1, -0.05) is 70.7 Å². The van der Waals surface area contributed by atoms with Gasteiger partial charge in [-0.2, -0.15) is 13.2 Å². The van der Waals surface area contributed by atoms with Gasteiger partial charge in [-0.05, 0) is 78.7 Å². The molecule has 2 aliphatic rings. The molecule has 3 atom stereocenters. The van der Waals surface area contributed by atoms with Crippen molar-refractivity contribution in [2.45, 2.75) is 64.5 Å². The van der Waals surface area contributed by atoms with Crippen LogP contribution >= 0.6 is 0 Å². The van der Waals surface area contributed by atoms with Crippen LogP contribution in [0.5, 0.6) is 11.5 Å². The summed E-state index contributed by atoms with van der Waals surface area (Å²) in [7, 11) is 2.73. The third-order valence-corrected chi connectivity index (χ3v) is 8.06. The van der Waals surface area contributed by atoms with Crippen molar-refractivity contribution < 1.29 is 37.7 Å². The van der Waals surface area contributed by atoms with E-state index in [0.29, 0.717) is 30.9 Å². The molecule has 0 bridgehead atoms. The van der Waals surface area contributed by atoms with Crippen LogP contribution in [0.3, 0.4) is 0 Å². The quantitative estimate of drug-likeness (QED) is 0.101. The summed E-state index contributed by atoms with van der Waals surface area (Å²) in [6.45, 7) is 15.0. The lowest BCUT2D eigenvalue weighted by Gasteiger charge is -2.39. The highest BCUT2D eigenvalue weighted by Gasteiger charge is 2.39. The lowest BCUT2D eigenvalue weighted by atomic mass is 9.70. The van der Waals surface area contributed by atoms with E-state index in [4.69, 9.17) is 9.47 Å². The van der Waals surface area contributed by atoms with Crippen molar-refractivity contribution >= 4 is 27.7 Å². The Hall–Kier alpha value is -3.89. The SMILES string of the molecule is BC(O)(C=C)Oc1cc(/C=C/C(C)CN2C=CC(C(/C=C/C)=C/C(C)C)=CC2=C)cc(OC(B)(O)C2CCC2)c1C(=O)NCC(F)(F)F. The number of nitrogens with zero attached hydrogens (tertiary/aromatic N) is 1. The molecule has 1 aromatic carbocycles. The molecule has 0 saturated heterocycles. The second-order valence-corrected chi connectivity index (χ2v) is 13.1. The molecule has 3 N–H and O–H groups in total. The number of carbonyl (C=O) groups excluding carboxylic acids is 1. The molecule has 0 aromatic heterocycles. The van der Waals surface area contributed by atoms with Crippen LogP contribution in [0.2, 0.25) is 0 Å². The lowest BCUT2D eigenvalue weighted by Crippen LogP contribution is -2.48. The first-order valence-electron chi connectivity index (χ1n) is 16.2. The Kier molecular flexibility index (Phi) is 12.9. The van der Waals surface area contributed by atoms with Crippen LogP contribution in [0.1, 0.15) is 62.9 Å². The summed E-state index contributed by atoms with van der Waals surface area (Å²) in [6.07, 6.45) is 14.7. The summed E-state index contributed by atoms with van der Waals surface area (Å²) >= 11 is 0. The number of amides is 1. The van der Waals surface area contributed by atoms with E-state index in [1.807, 2.05) is 48.5 Å². The lowest BCUT2D eigenvalue weighted by molar-refractivity contribution is -0.128. The molecule has 258 valence electrons. The number of allylic oxidation sites excluding steroid dienone is 7. The van der Waals surface area contributed by atoms with Crippen LogP contribution in [0.15, 0.2) is 90.9 Å². The van der Waals surface area contributed by atoms with Crippen molar-refractivity contribution in [2.24, 2.45) is 17.8 Å². The molecular formula is C36H47B2F3N2O5. The van der Waals surface area contributed by atoms with Crippen molar-refractivity contribution in [1.82, 2.24) is 10.2 Å². The minimum absolute atomic E-state index is 0.0135. The van der Waals surface area contributed by atoms with Gasteiger partial charge in [0.05, 0.1) is 0 Å². The van der Waals surface area contributed by atoms with Crippen LogP contribution < -0.4 is 14.8 Å². The zero-order chi connectivity index (χ0) is 35.9. The maximum atomic E-state index is 13.2. The highest BCUT2D eigenvalue weighted by atomic mass is 19.4. The Bertz CT molecular complexity index is 1510. The van der Waals surface area contributed by atoms with Crippen molar-refractivity contribution in [3.63, 3.8) is 0 Å². The fourth-order valence-electron chi connectivity index (χ4n) is 5.24. The van der Waals surface area contributed by atoms with Gasteiger partial charge in [0.2, 0.25) is 7.85 Å². The predicted molar refractivity (Wildman–Crippen MR) is 190 cm³/mol. The summed E-state index contributed by atoms with van der Waals surface area (Å²) in [5.41, 5.74) is -0.601. The average molecular weight is 666 g/mol. The van der Waals surface area contributed by atoms with Gasteiger partial charge in [0.15, 0.2) is 19.2 Å². The summed E-state index contributed by atoms with van der Waals surface area (Å²) in [5, 5.41) is 23.7. The van der Waals surface area contributed by atoms with Gasteiger partial charge < -0.3 is 29.9 Å². The van der Waals surface area contributed by atoms with Crippen molar-refractivity contribution in [3.05, 3.63) is 102 Å². The van der Waals surface area contributed by atoms with E-state index >= 15 is 0 Å². The molecule has 12 heteroatoms. The zero-order valence-corrected chi connectivity index (χ0v) is 28.7. The Morgan fingerprint density at radius 3 is 2.33 bits per heavy atom. The van der Waals surface area contributed by atoms with Crippen LogP contribution in [0, 0.1) is 17.8 Å². The third-order valence-electron chi connectivity index (χ3n) is 8.06. The van der Waals surface area contributed by atoms with Crippen molar-refractivity contribution in [2.75, 3.05) is 13.1 Å². The minimum atomic E-state index is -4.67. The molecule has 1 aliphatic carbocycles. The molecule has 0 spiro atoms. The van der Waals surface area contributed by atoms with E-state index in [1.165, 1.54) is 27.8 Å². The maximum absolute atomic E-state index is 13.2. The Balaban J connectivity index is 1.95. The highest BCUT2D eigenvalue weighted by molar-refractivity contribution is 6.15. The van der Waals surface area contributed by atoms with E-state index in [2.05, 4.69) is 45.2 Å². The number of rotatable bonds is 15. The molecule has 48 heavy (non-hydrogen) atoms. The van der Waals surface area contributed by atoms with E-state index in [1.54, 1.807) is 6.08 Å². The second-order valence-electron chi connectivity index (χ2n) is 13.1. The maximum Gasteiger partial charge on any atom is 0.405 e. The topological polar surface area (TPSA) is 91.3 Å². The van der Waals surface area contributed by atoms with Gasteiger partial charge in [-0.25, -0.2) is 0 Å². The average Bonchev–Trinajstić information content (AvgIpc) is 2.93. The van der Waals surface area contributed by atoms with Gasteiger partial charge in [0.1, 0.15) is 23.6 Å². The fraction of sp³-hybridized carbons (Fsp3) is 0.417. The number of nitrogens with one attached hydrogen (secondary N) is 1. The largest absolute Gasteiger partial charge is 0.470 e. The molecule has 1 aliphatic heterocycles. The zero-order valence-electron chi connectivity index (χ0n) is 28.7. The van der Waals surface area contributed by atoms with Gasteiger partial charge in [0.25, 0.3) is 5.91 Å². The fourth-order valence-corrected chi connectivity index (χ4v) is 5.24. The van der Waals surface area contributed by atoms with Gasteiger partial charge in [0, 0.05) is 24.4 Å². The third kappa shape index (κ3) is 11.1. The number of halogens is 3. The number of carbonyl (C=O) groups is 1. The number of ether oxygens (including phenoxy) is 2. The van der Waals surface area contributed by atoms with E-state index in [9.17, 15) is 28.2 Å². The molecule has 3 rings (SSSR count). The molecule has 3 unspecified atom stereocenters. The Morgan fingerprint density at radius 1 is 1.17 bits per heavy atom. The second kappa shape index (κ2) is 16.0. The predicted octanol–water partition coefficient (Wildman–Crippen LogP) is 5.36. The summed E-state index contributed by atoms with van der Waals surface area (Å²) in [4.78, 5) is 15.3. The summed E-state index contributed by atoms with van der Waals surface area (Å²) < 4.78 is 50.8. The van der Waals surface area contributed by atoms with Gasteiger partial charge in [-0.3, -0.25) is 4.79 Å².